The lowest BCUT2D eigenvalue weighted by molar-refractivity contribution is 0.796. The summed E-state index contributed by atoms with van der Waals surface area (Å²) in [7, 11) is 0. The van der Waals surface area contributed by atoms with E-state index in [2.05, 4.69) is 27.6 Å². The van der Waals surface area contributed by atoms with E-state index in [0.717, 1.165) is 17.9 Å². The molecule has 0 bridgehead atoms. The first-order chi connectivity index (χ1) is 6.77. The smallest absolute Gasteiger partial charge is 0.150 e. The lowest BCUT2D eigenvalue weighted by Crippen LogP contribution is -1.98. The Labute approximate surface area is 87.5 Å². The minimum atomic E-state index is 0.841. The predicted octanol–water partition coefficient (Wildman–Crippen LogP) is 3.19. The van der Waals surface area contributed by atoms with E-state index in [1.165, 1.54) is 4.88 Å². The highest BCUT2D eigenvalue weighted by Crippen LogP contribution is 2.23. The van der Waals surface area contributed by atoms with Gasteiger partial charge in [-0.3, -0.25) is 0 Å². The molecule has 2 rings (SSSR count). The Morgan fingerprint density at radius 1 is 1.64 bits per heavy atom. The van der Waals surface area contributed by atoms with Crippen molar-refractivity contribution in [3.05, 3.63) is 42.1 Å². The summed E-state index contributed by atoms with van der Waals surface area (Å²) >= 11 is 1.71. The summed E-state index contributed by atoms with van der Waals surface area (Å²) in [4.78, 5) is 5.55. The molecule has 0 fully saturated rings. The Balaban J connectivity index is 2.35. The minimum Gasteiger partial charge on any atom is -0.326 e. The maximum atomic E-state index is 4.34. The van der Waals surface area contributed by atoms with Crippen LogP contribution in [0.25, 0.3) is 10.7 Å². The van der Waals surface area contributed by atoms with Crippen molar-refractivity contribution in [3.8, 4) is 10.7 Å². The molecule has 0 aliphatic heterocycles. The van der Waals surface area contributed by atoms with Crippen molar-refractivity contribution in [1.82, 2.24) is 9.55 Å². The van der Waals surface area contributed by atoms with Gasteiger partial charge < -0.3 is 4.57 Å². The Morgan fingerprint density at radius 3 is 3.14 bits per heavy atom. The summed E-state index contributed by atoms with van der Waals surface area (Å²) in [5, 5.41) is 2.06. The summed E-state index contributed by atoms with van der Waals surface area (Å²) in [6.07, 6.45) is 3.82. The van der Waals surface area contributed by atoms with Crippen LogP contribution in [0.4, 0.5) is 0 Å². The van der Waals surface area contributed by atoms with Gasteiger partial charge in [-0.1, -0.05) is 18.2 Å². The largest absolute Gasteiger partial charge is 0.326 e. The summed E-state index contributed by atoms with van der Waals surface area (Å²) in [6.45, 7) is 6.77. The lowest BCUT2D eigenvalue weighted by atomic mass is 10.3. The number of imidazole rings is 1. The van der Waals surface area contributed by atoms with Gasteiger partial charge in [0.25, 0.3) is 0 Å². The van der Waals surface area contributed by atoms with E-state index in [9.17, 15) is 0 Å². The van der Waals surface area contributed by atoms with Gasteiger partial charge in [-0.05, 0) is 18.4 Å². The van der Waals surface area contributed by atoms with Crippen LogP contribution in [0.3, 0.4) is 0 Å². The molecule has 0 aromatic carbocycles. The molecule has 2 heterocycles. The molecule has 0 N–H and O–H groups in total. The molecule has 0 amide bonds. The average Bonchev–Trinajstić information content (AvgIpc) is 2.70. The van der Waals surface area contributed by atoms with Crippen molar-refractivity contribution in [2.75, 3.05) is 0 Å². The fourth-order valence-corrected chi connectivity index (χ4v) is 2.09. The second kappa shape index (κ2) is 3.80. The number of hydrogen-bond acceptors (Lipinski definition) is 2. The van der Waals surface area contributed by atoms with Gasteiger partial charge in [0.15, 0.2) is 0 Å². The zero-order valence-electron chi connectivity index (χ0n) is 8.10. The second-order valence-corrected chi connectivity index (χ2v) is 4.26. The van der Waals surface area contributed by atoms with Crippen molar-refractivity contribution in [2.45, 2.75) is 13.5 Å². The van der Waals surface area contributed by atoms with Crippen LogP contribution in [0.2, 0.25) is 0 Å². The number of hydrogen-bond donors (Lipinski definition) is 0. The lowest BCUT2D eigenvalue weighted by Gasteiger charge is -2.05. The van der Waals surface area contributed by atoms with E-state index in [-0.39, 0.29) is 0 Å². The highest BCUT2D eigenvalue weighted by molar-refractivity contribution is 7.13. The normalized spacial score (nSPS) is 10.4. The van der Waals surface area contributed by atoms with Crippen molar-refractivity contribution < 1.29 is 0 Å². The highest BCUT2D eigenvalue weighted by atomic mass is 32.1. The molecule has 0 saturated heterocycles. The molecule has 0 aliphatic carbocycles. The van der Waals surface area contributed by atoms with E-state index in [4.69, 9.17) is 0 Å². The van der Waals surface area contributed by atoms with Crippen molar-refractivity contribution in [2.24, 2.45) is 0 Å². The SMILES string of the molecule is C=C(C)Cn1ccnc1-c1cccs1. The summed E-state index contributed by atoms with van der Waals surface area (Å²) in [6, 6.07) is 4.13. The topological polar surface area (TPSA) is 17.8 Å². The van der Waals surface area contributed by atoms with Gasteiger partial charge in [-0.2, -0.15) is 0 Å². The molecule has 0 unspecified atom stereocenters. The van der Waals surface area contributed by atoms with Gasteiger partial charge in [0.2, 0.25) is 0 Å². The molecule has 0 saturated carbocycles. The number of allylic oxidation sites excluding steroid dienone is 1. The van der Waals surface area contributed by atoms with E-state index in [1.807, 2.05) is 25.4 Å². The van der Waals surface area contributed by atoms with Crippen LogP contribution >= 0.6 is 11.3 Å². The predicted molar refractivity (Wildman–Crippen MR) is 60.4 cm³/mol. The first-order valence-electron chi connectivity index (χ1n) is 4.47. The molecule has 0 atom stereocenters. The van der Waals surface area contributed by atoms with Crippen molar-refractivity contribution in [1.29, 1.82) is 0 Å². The third kappa shape index (κ3) is 1.77. The van der Waals surface area contributed by atoms with Crippen LogP contribution in [0, 0.1) is 0 Å². The molecular formula is C11H12N2S. The van der Waals surface area contributed by atoms with Crippen LogP contribution in [0.15, 0.2) is 42.1 Å². The highest BCUT2D eigenvalue weighted by Gasteiger charge is 2.05. The Hall–Kier alpha value is -1.35. The molecule has 0 radical (unpaired) electrons. The summed E-state index contributed by atoms with van der Waals surface area (Å²) < 4.78 is 2.12. The molecule has 2 nitrogen and oxygen atoms in total. The molecule has 2 aromatic rings. The van der Waals surface area contributed by atoms with E-state index < -0.39 is 0 Å². The van der Waals surface area contributed by atoms with Gasteiger partial charge >= 0.3 is 0 Å². The first-order valence-corrected chi connectivity index (χ1v) is 5.35. The summed E-state index contributed by atoms with van der Waals surface area (Å²) in [5.74, 6) is 1.03. The number of nitrogens with zero attached hydrogens (tertiary/aromatic N) is 2. The number of thiophene rings is 1. The Morgan fingerprint density at radius 2 is 2.50 bits per heavy atom. The first kappa shape index (κ1) is 9.21. The van der Waals surface area contributed by atoms with E-state index in [0.29, 0.717) is 0 Å². The molecule has 0 spiro atoms. The Kier molecular flexibility index (Phi) is 2.50. The van der Waals surface area contributed by atoms with Crippen LogP contribution in [-0.2, 0) is 6.54 Å². The Bertz CT molecular complexity index is 426. The third-order valence-corrected chi connectivity index (χ3v) is 2.76. The zero-order valence-corrected chi connectivity index (χ0v) is 8.92. The maximum absolute atomic E-state index is 4.34. The molecule has 2 aromatic heterocycles. The van der Waals surface area contributed by atoms with E-state index in [1.54, 1.807) is 11.3 Å². The van der Waals surface area contributed by atoms with Gasteiger partial charge in [-0.15, -0.1) is 11.3 Å². The molecule has 14 heavy (non-hydrogen) atoms. The average molecular weight is 204 g/mol. The van der Waals surface area contributed by atoms with Crippen LogP contribution in [-0.4, -0.2) is 9.55 Å². The third-order valence-electron chi connectivity index (χ3n) is 1.90. The van der Waals surface area contributed by atoms with E-state index >= 15 is 0 Å². The van der Waals surface area contributed by atoms with Gasteiger partial charge in [-0.25, -0.2) is 4.98 Å². The standard InChI is InChI=1S/C11H12N2S/c1-9(2)8-13-6-5-12-11(13)10-4-3-7-14-10/h3-7H,1,8H2,2H3. The van der Waals surface area contributed by atoms with Crippen LogP contribution in [0.5, 0.6) is 0 Å². The fourth-order valence-electron chi connectivity index (χ4n) is 1.36. The van der Waals surface area contributed by atoms with Gasteiger partial charge in [0.1, 0.15) is 5.82 Å². The molecular weight excluding hydrogens is 192 g/mol. The zero-order chi connectivity index (χ0) is 9.97. The number of rotatable bonds is 3. The summed E-state index contributed by atoms with van der Waals surface area (Å²) in [5.41, 5.74) is 1.14. The molecule has 0 aliphatic rings. The maximum Gasteiger partial charge on any atom is 0.150 e. The van der Waals surface area contributed by atoms with Crippen LogP contribution in [0.1, 0.15) is 6.92 Å². The number of aromatic nitrogens is 2. The molecule has 3 heteroatoms. The monoisotopic (exact) mass is 204 g/mol. The quantitative estimate of drug-likeness (QED) is 0.702. The van der Waals surface area contributed by atoms with Crippen molar-refractivity contribution >= 4 is 11.3 Å². The van der Waals surface area contributed by atoms with Crippen LogP contribution < -0.4 is 0 Å². The fraction of sp³-hybridized carbons (Fsp3) is 0.182. The molecule has 72 valence electrons. The van der Waals surface area contributed by atoms with Gasteiger partial charge in [0, 0.05) is 18.9 Å². The second-order valence-electron chi connectivity index (χ2n) is 3.31. The van der Waals surface area contributed by atoms with Crippen molar-refractivity contribution in [3.63, 3.8) is 0 Å². The minimum absolute atomic E-state index is 0.841. The van der Waals surface area contributed by atoms with Gasteiger partial charge in [0.05, 0.1) is 4.88 Å².